The number of nitriles is 1. The molecule has 49 heavy (non-hydrogen) atoms. The van der Waals surface area contributed by atoms with Crippen molar-refractivity contribution in [2.75, 3.05) is 26.2 Å². The molecular formula is C41H39ClN4O2S. The maximum absolute atomic E-state index is 14.2. The van der Waals surface area contributed by atoms with Gasteiger partial charge in [0.1, 0.15) is 10.7 Å². The Morgan fingerprint density at radius 3 is 2.00 bits per heavy atom. The van der Waals surface area contributed by atoms with Crippen LogP contribution in [0.3, 0.4) is 0 Å². The molecule has 6 nitrogen and oxygen atoms in total. The van der Waals surface area contributed by atoms with Crippen LogP contribution in [0.2, 0.25) is 5.02 Å². The van der Waals surface area contributed by atoms with Gasteiger partial charge in [-0.25, -0.2) is 0 Å². The van der Waals surface area contributed by atoms with Crippen LogP contribution in [0.25, 0.3) is 17.3 Å². The molecule has 0 bridgehead atoms. The van der Waals surface area contributed by atoms with E-state index in [1.807, 2.05) is 67.6 Å². The number of hydrogen-bond donors (Lipinski definition) is 0. The molecule has 0 spiro atoms. The number of benzene rings is 4. The largest absolute Gasteiger partial charge is 0.335 e. The van der Waals surface area contributed by atoms with Crippen molar-refractivity contribution in [1.82, 2.24) is 14.4 Å². The highest BCUT2D eigenvalue weighted by Gasteiger charge is 2.30. The molecule has 6 rings (SSSR count). The Hall–Kier alpha value is -4.74. The van der Waals surface area contributed by atoms with Crippen LogP contribution in [0.4, 0.5) is 0 Å². The molecular weight excluding hydrogens is 648 g/mol. The number of rotatable bonds is 6. The Morgan fingerprint density at radius 2 is 1.47 bits per heavy atom. The molecule has 248 valence electrons. The smallest absolute Gasteiger partial charge is 0.273 e. The molecule has 1 amide bonds. The lowest BCUT2D eigenvalue weighted by molar-refractivity contribution is -0.126. The van der Waals surface area contributed by atoms with Gasteiger partial charge >= 0.3 is 0 Å². The van der Waals surface area contributed by atoms with Gasteiger partial charge in [0.25, 0.3) is 11.5 Å². The molecule has 1 aliphatic rings. The van der Waals surface area contributed by atoms with Crippen molar-refractivity contribution in [3.8, 4) is 11.8 Å². The van der Waals surface area contributed by atoms with Crippen molar-refractivity contribution in [3.05, 3.63) is 156 Å². The van der Waals surface area contributed by atoms with Crippen molar-refractivity contribution >= 4 is 40.5 Å². The molecule has 0 aliphatic carbocycles. The van der Waals surface area contributed by atoms with Gasteiger partial charge in [-0.1, -0.05) is 123 Å². The number of aromatic nitrogens is 1. The number of aryl methyl sites for hydroxylation is 1. The second-order valence-corrected chi connectivity index (χ2v) is 14.8. The molecule has 1 aromatic heterocycles. The second-order valence-electron chi connectivity index (χ2n) is 13.4. The van der Waals surface area contributed by atoms with Crippen LogP contribution in [0.15, 0.2) is 108 Å². The van der Waals surface area contributed by atoms with Gasteiger partial charge in [-0.15, -0.1) is 11.3 Å². The fourth-order valence-electron chi connectivity index (χ4n) is 6.25. The zero-order valence-electron chi connectivity index (χ0n) is 28.2. The number of carbonyl (C=O) groups is 1. The van der Waals surface area contributed by atoms with Crippen LogP contribution in [0, 0.1) is 18.3 Å². The SMILES string of the molecule is Cc1ccc(-n2c(=C(C#N)C(=O)N3CCN(C(c4ccccc4)c4ccccc4)CC3)sc(=Cc3ccc(C(C)(C)C)cc3)c2=O)cc1Cl. The van der Waals surface area contributed by atoms with Crippen molar-refractivity contribution in [3.63, 3.8) is 0 Å². The summed E-state index contributed by atoms with van der Waals surface area (Å²) in [6.45, 7) is 10.5. The minimum Gasteiger partial charge on any atom is -0.335 e. The number of nitrogens with zero attached hydrogens (tertiary/aromatic N) is 4. The lowest BCUT2D eigenvalue weighted by Gasteiger charge is -2.39. The van der Waals surface area contributed by atoms with Crippen LogP contribution in [0.5, 0.6) is 0 Å². The van der Waals surface area contributed by atoms with E-state index >= 15 is 0 Å². The van der Waals surface area contributed by atoms with Gasteiger partial charge in [0.15, 0.2) is 5.57 Å². The summed E-state index contributed by atoms with van der Waals surface area (Å²) in [5.74, 6) is -0.382. The predicted octanol–water partition coefficient (Wildman–Crippen LogP) is 6.60. The summed E-state index contributed by atoms with van der Waals surface area (Å²) in [4.78, 5) is 32.3. The quantitative estimate of drug-likeness (QED) is 0.202. The molecule has 4 aromatic carbocycles. The molecule has 0 atom stereocenters. The number of thiazole rings is 1. The first-order valence-corrected chi connectivity index (χ1v) is 17.6. The molecule has 5 aromatic rings. The zero-order valence-corrected chi connectivity index (χ0v) is 29.8. The van der Waals surface area contributed by atoms with E-state index in [0.717, 1.165) is 22.5 Å². The number of carbonyl (C=O) groups excluding carboxylic acids is 1. The van der Waals surface area contributed by atoms with E-state index in [1.165, 1.54) is 21.3 Å². The first kappa shape index (κ1) is 34.1. The Kier molecular flexibility index (Phi) is 10.0. The second kappa shape index (κ2) is 14.4. The van der Waals surface area contributed by atoms with E-state index in [0.29, 0.717) is 46.1 Å². The van der Waals surface area contributed by atoms with Gasteiger partial charge in [-0.2, -0.15) is 5.26 Å². The zero-order chi connectivity index (χ0) is 34.7. The van der Waals surface area contributed by atoms with Crippen LogP contribution >= 0.6 is 22.9 Å². The van der Waals surface area contributed by atoms with Crippen LogP contribution in [-0.2, 0) is 10.2 Å². The average molecular weight is 687 g/mol. The molecule has 0 N–H and O–H groups in total. The maximum atomic E-state index is 14.2. The van der Waals surface area contributed by atoms with E-state index in [9.17, 15) is 14.9 Å². The molecule has 0 radical (unpaired) electrons. The highest BCUT2D eigenvalue weighted by Crippen LogP contribution is 2.30. The fourth-order valence-corrected chi connectivity index (χ4v) is 7.52. The summed E-state index contributed by atoms with van der Waals surface area (Å²) in [6, 6.07) is 36.5. The van der Waals surface area contributed by atoms with Gasteiger partial charge in [0.05, 0.1) is 16.3 Å². The van der Waals surface area contributed by atoms with Crippen LogP contribution in [0.1, 0.15) is 54.6 Å². The number of halogens is 1. The Bertz CT molecular complexity index is 2150. The van der Waals surface area contributed by atoms with Gasteiger partial charge in [-0.3, -0.25) is 19.1 Å². The summed E-state index contributed by atoms with van der Waals surface area (Å²) in [7, 11) is 0. The van der Waals surface area contributed by atoms with Gasteiger partial charge in [0.2, 0.25) is 0 Å². The third-order valence-corrected chi connectivity index (χ3v) is 10.5. The molecule has 1 fully saturated rings. The summed E-state index contributed by atoms with van der Waals surface area (Å²) >= 11 is 7.67. The third kappa shape index (κ3) is 7.33. The number of hydrogen-bond acceptors (Lipinski definition) is 5. The molecule has 0 unspecified atom stereocenters. The Balaban J connectivity index is 1.38. The number of amides is 1. The summed E-state index contributed by atoms with van der Waals surface area (Å²) in [5.41, 5.74) is 5.43. The van der Waals surface area contributed by atoms with E-state index in [2.05, 4.69) is 68.1 Å². The molecule has 1 aliphatic heterocycles. The highest BCUT2D eigenvalue weighted by atomic mass is 35.5. The summed E-state index contributed by atoms with van der Waals surface area (Å²) in [6.07, 6.45) is 1.82. The first-order chi connectivity index (χ1) is 23.5. The van der Waals surface area contributed by atoms with Crippen LogP contribution in [-0.4, -0.2) is 46.5 Å². The van der Waals surface area contributed by atoms with Gasteiger partial charge < -0.3 is 4.90 Å². The standard InChI is InChI=1S/C41H39ClN4O2S/c1-28-15-20-33(26-35(28)42)46-39(48)36(25-29-16-18-32(19-17-29)41(2,3)4)49-40(46)34(27-43)38(47)45-23-21-44(22-24-45)37(30-11-7-5-8-12-30)31-13-9-6-10-14-31/h5-20,25-26,37H,21-24H2,1-4H3. The minimum atomic E-state index is -0.382. The maximum Gasteiger partial charge on any atom is 0.273 e. The topological polar surface area (TPSA) is 69.3 Å². The van der Waals surface area contributed by atoms with E-state index in [1.54, 1.807) is 17.0 Å². The normalized spacial score (nSPS) is 15.0. The fraction of sp³-hybridized carbons (Fsp3) is 0.244. The summed E-state index contributed by atoms with van der Waals surface area (Å²) in [5, 5.41) is 11.0. The van der Waals surface area contributed by atoms with Crippen LogP contribution < -0.4 is 14.8 Å². The van der Waals surface area contributed by atoms with Gasteiger partial charge in [-0.05, 0) is 58.4 Å². The monoisotopic (exact) mass is 686 g/mol. The van der Waals surface area contributed by atoms with E-state index in [-0.39, 0.29) is 28.5 Å². The molecule has 0 saturated carbocycles. The van der Waals surface area contributed by atoms with Crippen molar-refractivity contribution in [2.45, 2.75) is 39.2 Å². The predicted molar refractivity (Wildman–Crippen MR) is 200 cm³/mol. The number of piperazine rings is 1. The molecule has 8 heteroatoms. The summed E-state index contributed by atoms with van der Waals surface area (Å²) < 4.78 is 2.18. The Labute approximate surface area is 296 Å². The lowest BCUT2D eigenvalue weighted by atomic mass is 9.87. The third-order valence-electron chi connectivity index (χ3n) is 9.05. The van der Waals surface area contributed by atoms with E-state index < -0.39 is 0 Å². The molecule has 2 heterocycles. The van der Waals surface area contributed by atoms with Crippen molar-refractivity contribution in [1.29, 1.82) is 5.26 Å². The van der Waals surface area contributed by atoms with Gasteiger partial charge in [0, 0.05) is 31.2 Å². The van der Waals surface area contributed by atoms with E-state index in [4.69, 9.17) is 11.6 Å². The first-order valence-electron chi connectivity index (χ1n) is 16.4. The van der Waals surface area contributed by atoms with Crippen molar-refractivity contribution < 1.29 is 4.79 Å². The minimum absolute atomic E-state index is 0.00143. The lowest BCUT2D eigenvalue weighted by Crippen LogP contribution is -2.50. The Morgan fingerprint density at radius 1 is 0.878 bits per heavy atom. The van der Waals surface area contributed by atoms with Crippen molar-refractivity contribution in [2.24, 2.45) is 0 Å². The average Bonchev–Trinajstić information content (AvgIpc) is 3.42. The highest BCUT2D eigenvalue weighted by molar-refractivity contribution is 7.07. The molecule has 1 saturated heterocycles.